The van der Waals surface area contributed by atoms with E-state index in [2.05, 4.69) is 25.7 Å². The van der Waals surface area contributed by atoms with Crippen LogP contribution < -0.4 is 0 Å². The summed E-state index contributed by atoms with van der Waals surface area (Å²) in [5.41, 5.74) is 0. The van der Waals surface area contributed by atoms with Gasteiger partial charge in [-0.15, -0.1) is 0 Å². The molecule has 0 radical (unpaired) electrons. The minimum absolute atomic E-state index is 0.222. The van der Waals surface area contributed by atoms with E-state index < -0.39 is 0 Å². The van der Waals surface area contributed by atoms with Crippen molar-refractivity contribution < 1.29 is 5.11 Å². The monoisotopic (exact) mass is 145 g/mol. The van der Waals surface area contributed by atoms with Gasteiger partial charge in [-0.1, -0.05) is 27.2 Å². The zero-order valence-electron chi connectivity index (χ0n) is 7.30. The van der Waals surface area contributed by atoms with Crippen LogP contribution in [0.15, 0.2) is 0 Å². The molecule has 0 aromatic carbocycles. The quantitative estimate of drug-likeness (QED) is 0.592. The van der Waals surface area contributed by atoms with Gasteiger partial charge in [-0.25, -0.2) is 0 Å². The highest BCUT2D eigenvalue weighted by Gasteiger charge is 2.08. The van der Waals surface area contributed by atoms with Gasteiger partial charge >= 0.3 is 0 Å². The van der Waals surface area contributed by atoms with Crippen LogP contribution in [0.3, 0.4) is 0 Å². The first-order valence-corrected chi connectivity index (χ1v) is 4.18. The molecule has 1 atom stereocenters. The highest BCUT2D eigenvalue weighted by Crippen LogP contribution is 2.01. The van der Waals surface area contributed by atoms with Gasteiger partial charge in [0.2, 0.25) is 0 Å². The van der Waals surface area contributed by atoms with Crippen molar-refractivity contribution in [3.8, 4) is 0 Å². The number of aliphatic hydroxyl groups is 1. The van der Waals surface area contributed by atoms with Crippen molar-refractivity contribution in [3.05, 3.63) is 0 Å². The number of hydrogen-bond donors (Lipinski definition) is 1. The molecule has 1 unspecified atom stereocenters. The molecule has 0 saturated heterocycles. The van der Waals surface area contributed by atoms with E-state index in [4.69, 9.17) is 0 Å². The maximum absolute atomic E-state index is 9.43. The molecule has 0 aliphatic rings. The third-order valence-electron chi connectivity index (χ3n) is 1.78. The van der Waals surface area contributed by atoms with Gasteiger partial charge in [-0.05, 0) is 19.5 Å². The van der Waals surface area contributed by atoms with Gasteiger partial charge in [0.05, 0.1) is 0 Å². The number of hydrogen-bond acceptors (Lipinski definition) is 2. The molecule has 0 heterocycles. The van der Waals surface area contributed by atoms with Crippen LogP contribution in [0.5, 0.6) is 0 Å². The summed E-state index contributed by atoms with van der Waals surface area (Å²) in [6.45, 7) is 8.12. The summed E-state index contributed by atoms with van der Waals surface area (Å²) in [5.74, 6) is 0. The van der Waals surface area contributed by atoms with Crippen LogP contribution in [0.4, 0.5) is 0 Å². The summed E-state index contributed by atoms with van der Waals surface area (Å²) in [7, 11) is 0. The van der Waals surface area contributed by atoms with Crippen molar-refractivity contribution in [1.29, 1.82) is 0 Å². The maximum atomic E-state index is 9.43. The van der Waals surface area contributed by atoms with Crippen LogP contribution in [-0.4, -0.2) is 29.3 Å². The van der Waals surface area contributed by atoms with E-state index in [1.807, 2.05) is 0 Å². The molecule has 0 aliphatic carbocycles. The Labute approximate surface area is 63.8 Å². The van der Waals surface area contributed by atoms with Crippen molar-refractivity contribution in [2.75, 3.05) is 13.1 Å². The summed E-state index contributed by atoms with van der Waals surface area (Å²) >= 11 is 0. The largest absolute Gasteiger partial charge is 0.378 e. The number of aliphatic hydroxyl groups excluding tert-OH is 1. The lowest BCUT2D eigenvalue weighted by molar-refractivity contribution is 0.00416. The molecule has 2 heteroatoms. The van der Waals surface area contributed by atoms with Crippen LogP contribution in [0, 0.1) is 0 Å². The van der Waals surface area contributed by atoms with Crippen molar-refractivity contribution in [1.82, 2.24) is 4.90 Å². The Morgan fingerprint density at radius 3 is 2.00 bits per heavy atom. The Morgan fingerprint density at radius 1 is 1.20 bits per heavy atom. The molecule has 0 saturated carbocycles. The molecule has 62 valence electrons. The van der Waals surface area contributed by atoms with E-state index in [0.717, 1.165) is 25.9 Å². The normalized spacial score (nSPS) is 14.1. The topological polar surface area (TPSA) is 23.5 Å². The maximum Gasteiger partial charge on any atom is 0.107 e. The van der Waals surface area contributed by atoms with Gasteiger partial charge in [0.1, 0.15) is 6.23 Å². The summed E-state index contributed by atoms with van der Waals surface area (Å²) in [4.78, 5) is 2.06. The van der Waals surface area contributed by atoms with Crippen molar-refractivity contribution in [3.63, 3.8) is 0 Å². The fourth-order valence-electron chi connectivity index (χ4n) is 1.09. The molecule has 2 nitrogen and oxygen atoms in total. The first-order valence-electron chi connectivity index (χ1n) is 4.18. The molecule has 0 rings (SSSR count). The average Bonchev–Trinajstić information content (AvgIpc) is 1.91. The van der Waals surface area contributed by atoms with E-state index >= 15 is 0 Å². The molecule has 10 heavy (non-hydrogen) atoms. The summed E-state index contributed by atoms with van der Waals surface area (Å²) in [6, 6.07) is 0. The Balaban J connectivity index is 3.53. The smallest absolute Gasteiger partial charge is 0.107 e. The van der Waals surface area contributed by atoms with E-state index in [9.17, 15) is 5.11 Å². The summed E-state index contributed by atoms with van der Waals surface area (Å²) in [5, 5.41) is 9.43. The van der Waals surface area contributed by atoms with E-state index in [0.29, 0.717) is 0 Å². The third-order valence-corrected chi connectivity index (χ3v) is 1.78. The van der Waals surface area contributed by atoms with Crippen LogP contribution >= 0.6 is 0 Å². The Hall–Kier alpha value is -0.0800. The number of nitrogens with zero attached hydrogens (tertiary/aromatic N) is 1. The lowest BCUT2D eigenvalue weighted by atomic mass is 10.3. The highest BCUT2D eigenvalue weighted by atomic mass is 16.3. The molecule has 0 aromatic rings. The Bertz CT molecular complexity index is 71.7. The third kappa shape index (κ3) is 3.18. The van der Waals surface area contributed by atoms with Crippen molar-refractivity contribution >= 4 is 0 Å². The SMILES string of the molecule is CCCC(O)N(CC)CC. The molecule has 1 N–H and O–H groups in total. The van der Waals surface area contributed by atoms with Crippen LogP contribution in [0.1, 0.15) is 33.6 Å². The van der Waals surface area contributed by atoms with Crippen LogP contribution in [0.2, 0.25) is 0 Å². The second kappa shape index (κ2) is 5.69. The minimum atomic E-state index is -0.222. The second-order valence-electron chi connectivity index (χ2n) is 2.49. The van der Waals surface area contributed by atoms with Gasteiger partial charge < -0.3 is 5.11 Å². The lowest BCUT2D eigenvalue weighted by Crippen LogP contribution is -2.34. The lowest BCUT2D eigenvalue weighted by Gasteiger charge is -2.24. The standard InChI is InChI=1S/C8H19NO/c1-4-7-8(10)9(5-2)6-3/h8,10H,4-7H2,1-3H3. The van der Waals surface area contributed by atoms with Crippen molar-refractivity contribution in [2.24, 2.45) is 0 Å². The van der Waals surface area contributed by atoms with E-state index in [-0.39, 0.29) is 6.23 Å². The molecule has 0 aliphatic heterocycles. The molecule has 0 amide bonds. The van der Waals surface area contributed by atoms with Gasteiger partial charge in [0, 0.05) is 0 Å². The Kier molecular flexibility index (Phi) is 5.64. The molecular formula is C8H19NO. The van der Waals surface area contributed by atoms with Gasteiger partial charge in [0.15, 0.2) is 0 Å². The Morgan fingerprint density at radius 2 is 1.70 bits per heavy atom. The zero-order valence-corrected chi connectivity index (χ0v) is 7.30. The van der Waals surface area contributed by atoms with Gasteiger partial charge in [-0.2, -0.15) is 0 Å². The highest BCUT2D eigenvalue weighted by molar-refractivity contribution is 4.56. The average molecular weight is 145 g/mol. The van der Waals surface area contributed by atoms with Gasteiger partial charge in [-0.3, -0.25) is 4.90 Å². The number of rotatable bonds is 5. The predicted octanol–water partition coefficient (Wildman–Crippen LogP) is 1.45. The zero-order chi connectivity index (χ0) is 7.98. The van der Waals surface area contributed by atoms with E-state index in [1.165, 1.54) is 0 Å². The van der Waals surface area contributed by atoms with Crippen molar-refractivity contribution in [2.45, 2.75) is 39.8 Å². The summed E-state index contributed by atoms with van der Waals surface area (Å²) < 4.78 is 0. The molecule has 0 fully saturated rings. The predicted molar refractivity (Wildman–Crippen MR) is 43.8 cm³/mol. The molecule has 0 spiro atoms. The summed E-state index contributed by atoms with van der Waals surface area (Å²) in [6.07, 6.45) is 1.72. The van der Waals surface area contributed by atoms with Crippen LogP contribution in [0.25, 0.3) is 0 Å². The molecular weight excluding hydrogens is 126 g/mol. The van der Waals surface area contributed by atoms with E-state index in [1.54, 1.807) is 0 Å². The second-order valence-corrected chi connectivity index (χ2v) is 2.49. The molecule has 0 aromatic heterocycles. The fraction of sp³-hybridized carbons (Fsp3) is 1.00. The minimum Gasteiger partial charge on any atom is -0.378 e. The van der Waals surface area contributed by atoms with Crippen LogP contribution in [-0.2, 0) is 0 Å². The first-order chi connectivity index (χ1) is 4.76. The first kappa shape index (κ1) is 9.92. The van der Waals surface area contributed by atoms with Gasteiger partial charge in [0.25, 0.3) is 0 Å². The fourth-order valence-corrected chi connectivity index (χ4v) is 1.09. The molecule has 0 bridgehead atoms.